The quantitative estimate of drug-likeness (QED) is 0.730. The highest BCUT2D eigenvalue weighted by atomic mass is 32.1. The molecule has 0 saturated carbocycles. The Kier molecular flexibility index (Phi) is 2.16. The van der Waals surface area contributed by atoms with Gasteiger partial charge in [-0.1, -0.05) is 10.3 Å². The Morgan fingerprint density at radius 2 is 2.36 bits per heavy atom. The lowest BCUT2D eigenvalue weighted by Gasteiger charge is -2.00. The van der Waals surface area contributed by atoms with Crippen molar-refractivity contribution in [2.24, 2.45) is 7.05 Å². The summed E-state index contributed by atoms with van der Waals surface area (Å²) in [6, 6.07) is 0. The molecule has 0 aliphatic carbocycles. The van der Waals surface area contributed by atoms with Gasteiger partial charge in [0.15, 0.2) is 0 Å². The summed E-state index contributed by atoms with van der Waals surface area (Å²) in [5.74, 6) is 0. The zero-order valence-corrected chi connectivity index (χ0v) is 8.75. The molecule has 2 aromatic rings. The molecule has 6 nitrogen and oxygen atoms in total. The van der Waals surface area contributed by atoms with Crippen LogP contribution in [0.2, 0.25) is 0 Å². The molecule has 7 heteroatoms. The minimum atomic E-state index is 0.452. The van der Waals surface area contributed by atoms with Crippen LogP contribution in [0, 0.1) is 11.7 Å². The average molecular weight is 210 g/mol. The molecule has 0 aromatic carbocycles. The standard InChI is InChI=1S/C7H10N6S/c1-5-6(3-8-12(5)2)4-13-7(14)9-10-11-13/h3H,4H2,1-2H3,(H,9,11,14). The van der Waals surface area contributed by atoms with Gasteiger partial charge < -0.3 is 0 Å². The molecule has 14 heavy (non-hydrogen) atoms. The number of hydrogen-bond acceptors (Lipinski definition) is 4. The zero-order valence-electron chi connectivity index (χ0n) is 7.93. The first kappa shape index (κ1) is 9.07. The Bertz CT molecular complexity index is 492. The lowest BCUT2D eigenvalue weighted by molar-refractivity contribution is 0.637. The van der Waals surface area contributed by atoms with Gasteiger partial charge >= 0.3 is 0 Å². The topological polar surface area (TPSA) is 64.3 Å². The molecule has 0 unspecified atom stereocenters. The number of aromatic nitrogens is 6. The normalized spacial score (nSPS) is 10.7. The van der Waals surface area contributed by atoms with Gasteiger partial charge in [0.05, 0.1) is 12.7 Å². The molecule has 0 aliphatic rings. The summed E-state index contributed by atoms with van der Waals surface area (Å²) in [4.78, 5) is 0. The summed E-state index contributed by atoms with van der Waals surface area (Å²) >= 11 is 4.97. The van der Waals surface area contributed by atoms with Gasteiger partial charge in [-0.2, -0.15) is 10.3 Å². The fraction of sp³-hybridized carbons (Fsp3) is 0.429. The molecule has 0 aliphatic heterocycles. The van der Waals surface area contributed by atoms with Crippen molar-refractivity contribution in [3.63, 3.8) is 0 Å². The summed E-state index contributed by atoms with van der Waals surface area (Å²) in [7, 11) is 1.91. The van der Waals surface area contributed by atoms with E-state index in [1.807, 2.05) is 24.9 Å². The highest BCUT2D eigenvalue weighted by Gasteiger charge is 2.05. The zero-order chi connectivity index (χ0) is 10.1. The highest BCUT2D eigenvalue weighted by Crippen LogP contribution is 2.06. The molecular formula is C7H10N6S. The number of aromatic amines is 1. The Balaban J connectivity index is 2.32. The third-order valence-corrected chi connectivity index (χ3v) is 2.50. The molecule has 0 fully saturated rings. The lowest BCUT2D eigenvalue weighted by Crippen LogP contribution is -2.03. The summed E-state index contributed by atoms with van der Waals surface area (Å²) in [5.41, 5.74) is 2.22. The number of rotatable bonds is 2. The third-order valence-electron chi connectivity index (χ3n) is 2.20. The number of hydrogen-bond donors (Lipinski definition) is 1. The van der Waals surface area contributed by atoms with Crippen molar-refractivity contribution in [3.8, 4) is 0 Å². The van der Waals surface area contributed by atoms with Crippen molar-refractivity contribution in [2.45, 2.75) is 13.5 Å². The predicted octanol–water partition coefficient (Wildman–Crippen LogP) is 0.426. The second kappa shape index (κ2) is 3.33. The van der Waals surface area contributed by atoms with Crippen molar-refractivity contribution in [1.29, 1.82) is 0 Å². The van der Waals surface area contributed by atoms with Gasteiger partial charge in [-0.05, 0) is 19.1 Å². The molecule has 0 radical (unpaired) electrons. The van der Waals surface area contributed by atoms with E-state index in [1.54, 1.807) is 4.68 Å². The Morgan fingerprint density at radius 1 is 1.57 bits per heavy atom. The van der Waals surface area contributed by atoms with Gasteiger partial charge in [-0.3, -0.25) is 4.68 Å². The summed E-state index contributed by atoms with van der Waals surface area (Å²) in [6.07, 6.45) is 1.82. The van der Waals surface area contributed by atoms with E-state index >= 15 is 0 Å². The maximum Gasteiger partial charge on any atom is 0.238 e. The van der Waals surface area contributed by atoms with Crippen LogP contribution in [0.15, 0.2) is 6.20 Å². The van der Waals surface area contributed by atoms with Crippen LogP contribution < -0.4 is 0 Å². The van der Waals surface area contributed by atoms with E-state index in [0.29, 0.717) is 11.3 Å². The first-order valence-corrected chi connectivity index (χ1v) is 4.54. The van der Waals surface area contributed by atoms with E-state index in [4.69, 9.17) is 12.2 Å². The van der Waals surface area contributed by atoms with Crippen molar-refractivity contribution < 1.29 is 0 Å². The number of tetrazole rings is 1. The maximum atomic E-state index is 4.97. The van der Waals surface area contributed by atoms with Gasteiger partial charge in [0.25, 0.3) is 0 Å². The minimum absolute atomic E-state index is 0.452. The molecule has 2 aromatic heterocycles. The van der Waals surface area contributed by atoms with E-state index < -0.39 is 0 Å². The summed E-state index contributed by atoms with van der Waals surface area (Å²) in [6.45, 7) is 2.64. The molecule has 0 atom stereocenters. The van der Waals surface area contributed by atoms with Crippen LogP contribution >= 0.6 is 12.2 Å². The van der Waals surface area contributed by atoms with E-state index in [1.165, 1.54) is 0 Å². The number of H-pyrrole nitrogens is 1. The molecule has 0 bridgehead atoms. The van der Waals surface area contributed by atoms with Crippen molar-refractivity contribution in [3.05, 3.63) is 22.2 Å². The van der Waals surface area contributed by atoms with Gasteiger partial charge in [-0.25, -0.2) is 4.68 Å². The van der Waals surface area contributed by atoms with Crippen LogP contribution in [0.1, 0.15) is 11.3 Å². The van der Waals surface area contributed by atoms with Crippen molar-refractivity contribution in [2.75, 3.05) is 0 Å². The fourth-order valence-electron chi connectivity index (χ4n) is 1.19. The van der Waals surface area contributed by atoms with Gasteiger partial charge in [-0.15, -0.1) is 0 Å². The fourth-order valence-corrected chi connectivity index (χ4v) is 1.33. The van der Waals surface area contributed by atoms with Crippen LogP contribution in [0.4, 0.5) is 0 Å². The second-order valence-electron chi connectivity index (χ2n) is 3.05. The molecule has 0 saturated heterocycles. The molecule has 1 N–H and O–H groups in total. The van der Waals surface area contributed by atoms with Crippen molar-refractivity contribution >= 4 is 12.2 Å². The Labute approximate surface area is 85.5 Å². The Morgan fingerprint density at radius 3 is 2.86 bits per heavy atom. The van der Waals surface area contributed by atoms with E-state index in [9.17, 15) is 0 Å². The summed E-state index contributed by atoms with van der Waals surface area (Å²) < 4.78 is 3.97. The van der Waals surface area contributed by atoms with Crippen LogP contribution in [0.3, 0.4) is 0 Å². The molecule has 2 heterocycles. The predicted molar refractivity (Wildman–Crippen MR) is 52.3 cm³/mol. The molecule has 74 valence electrons. The average Bonchev–Trinajstić information content (AvgIpc) is 2.68. The van der Waals surface area contributed by atoms with Crippen LogP contribution in [-0.4, -0.2) is 30.0 Å². The van der Waals surface area contributed by atoms with E-state index in [-0.39, 0.29) is 0 Å². The number of nitrogens with one attached hydrogen (secondary N) is 1. The van der Waals surface area contributed by atoms with Gasteiger partial charge in [0, 0.05) is 18.3 Å². The number of aryl methyl sites for hydroxylation is 1. The van der Waals surface area contributed by atoms with Gasteiger partial charge in [0.1, 0.15) is 0 Å². The second-order valence-corrected chi connectivity index (χ2v) is 3.41. The lowest BCUT2D eigenvalue weighted by atomic mass is 10.3. The Hall–Kier alpha value is -1.50. The highest BCUT2D eigenvalue weighted by molar-refractivity contribution is 7.71. The van der Waals surface area contributed by atoms with Gasteiger partial charge in [0.2, 0.25) is 4.77 Å². The first-order chi connectivity index (χ1) is 6.68. The minimum Gasteiger partial charge on any atom is -0.273 e. The van der Waals surface area contributed by atoms with Crippen molar-refractivity contribution in [1.82, 2.24) is 30.0 Å². The largest absolute Gasteiger partial charge is 0.273 e. The molecule has 0 amide bonds. The number of nitrogens with zero attached hydrogens (tertiary/aromatic N) is 5. The van der Waals surface area contributed by atoms with Crippen LogP contribution in [0.5, 0.6) is 0 Å². The first-order valence-electron chi connectivity index (χ1n) is 4.14. The maximum absolute atomic E-state index is 4.97. The molecule has 2 rings (SSSR count). The molecule has 0 spiro atoms. The van der Waals surface area contributed by atoms with Crippen LogP contribution in [0.25, 0.3) is 0 Å². The van der Waals surface area contributed by atoms with E-state index in [2.05, 4.69) is 20.6 Å². The summed E-state index contributed by atoms with van der Waals surface area (Å²) in [5, 5.41) is 14.2. The van der Waals surface area contributed by atoms with E-state index in [0.717, 1.165) is 11.3 Å². The molecular weight excluding hydrogens is 200 g/mol. The SMILES string of the molecule is Cc1c(Cn2[nH]nnc2=S)cnn1C. The smallest absolute Gasteiger partial charge is 0.238 e. The van der Waals surface area contributed by atoms with Crippen LogP contribution in [-0.2, 0) is 13.6 Å². The monoisotopic (exact) mass is 210 g/mol. The third kappa shape index (κ3) is 1.46.